The normalized spacial score (nSPS) is 12.2. The van der Waals surface area contributed by atoms with Crippen LogP contribution in [0.4, 0.5) is 0 Å². The number of hydrogen-bond acceptors (Lipinski definition) is 4. The molecule has 100 valence electrons. The van der Waals surface area contributed by atoms with Crippen LogP contribution in [0.5, 0.6) is 0 Å². The monoisotopic (exact) mass is 255 g/mol. The molecule has 1 aromatic heterocycles. The number of aryl methyl sites for hydroxylation is 2. The van der Waals surface area contributed by atoms with Gasteiger partial charge in [0.15, 0.2) is 0 Å². The van der Waals surface area contributed by atoms with Gasteiger partial charge in [0.25, 0.3) is 0 Å². The molecule has 7 heteroatoms. The molecule has 1 rings (SSSR count). The number of carbonyl (C=O) groups is 2. The molecule has 1 aromatic rings. The number of aromatic nitrogens is 2. The predicted octanol–water partition coefficient (Wildman–Crippen LogP) is -0.548. The molecule has 0 aliphatic heterocycles. The fraction of sp³-hybridized carbons (Fsp3) is 0.545. The maximum atomic E-state index is 11.6. The van der Waals surface area contributed by atoms with Crippen molar-refractivity contribution in [3.8, 4) is 0 Å². The number of aliphatic hydroxyl groups is 1. The SMILES string of the molecule is Cc1cc(C)n(CC(=O)NC(CCO)C(=O)O)n1. The standard InChI is InChI=1S/C11H17N3O4/c1-7-5-8(2)14(13-7)6-10(16)12-9(3-4-15)11(17)18/h5,9,15H,3-4,6H2,1-2H3,(H,12,16)(H,17,18). The molecule has 1 atom stereocenters. The number of carboxylic acids is 1. The molecular weight excluding hydrogens is 238 g/mol. The summed E-state index contributed by atoms with van der Waals surface area (Å²) in [5.41, 5.74) is 1.63. The number of carboxylic acid groups (broad SMARTS) is 1. The van der Waals surface area contributed by atoms with Crippen molar-refractivity contribution in [1.82, 2.24) is 15.1 Å². The molecule has 0 aromatic carbocycles. The third kappa shape index (κ3) is 3.85. The maximum Gasteiger partial charge on any atom is 0.326 e. The highest BCUT2D eigenvalue weighted by Gasteiger charge is 2.19. The second-order valence-electron chi connectivity index (χ2n) is 4.06. The van der Waals surface area contributed by atoms with Crippen LogP contribution in [0.25, 0.3) is 0 Å². The van der Waals surface area contributed by atoms with Crippen molar-refractivity contribution in [3.05, 3.63) is 17.5 Å². The first-order valence-electron chi connectivity index (χ1n) is 5.58. The first kappa shape index (κ1) is 14.2. The summed E-state index contributed by atoms with van der Waals surface area (Å²) in [6.07, 6.45) is -0.0157. The third-order valence-electron chi connectivity index (χ3n) is 2.45. The maximum absolute atomic E-state index is 11.6. The molecule has 1 unspecified atom stereocenters. The summed E-state index contributed by atoms with van der Waals surface area (Å²) in [5, 5.41) is 24.0. The van der Waals surface area contributed by atoms with E-state index in [0.717, 1.165) is 11.4 Å². The zero-order valence-corrected chi connectivity index (χ0v) is 10.4. The molecular formula is C11H17N3O4. The molecule has 1 amide bonds. The van der Waals surface area contributed by atoms with Crippen molar-refractivity contribution < 1.29 is 19.8 Å². The van der Waals surface area contributed by atoms with Crippen LogP contribution in [0.1, 0.15) is 17.8 Å². The first-order chi connectivity index (χ1) is 8.43. The van der Waals surface area contributed by atoms with E-state index < -0.39 is 17.9 Å². The predicted molar refractivity (Wildman–Crippen MR) is 63.0 cm³/mol. The fourth-order valence-corrected chi connectivity index (χ4v) is 1.60. The van der Waals surface area contributed by atoms with Crippen LogP contribution in [0.2, 0.25) is 0 Å². The molecule has 7 nitrogen and oxygen atoms in total. The van der Waals surface area contributed by atoms with E-state index in [1.54, 1.807) is 0 Å². The number of amides is 1. The largest absolute Gasteiger partial charge is 0.480 e. The van der Waals surface area contributed by atoms with Crippen molar-refractivity contribution in [2.45, 2.75) is 32.9 Å². The molecule has 0 bridgehead atoms. The van der Waals surface area contributed by atoms with Crippen molar-refractivity contribution >= 4 is 11.9 Å². The number of rotatable bonds is 6. The summed E-state index contributed by atoms with van der Waals surface area (Å²) >= 11 is 0. The summed E-state index contributed by atoms with van der Waals surface area (Å²) in [6.45, 7) is 3.30. The van der Waals surface area contributed by atoms with Crippen LogP contribution in [0, 0.1) is 13.8 Å². The lowest BCUT2D eigenvalue weighted by Crippen LogP contribution is -2.43. The fourth-order valence-electron chi connectivity index (χ4n) is 1.60. The van der Waals surface area contributed by atoms with E-state index in [9.17, 15) is 9.59 Å². The lowest BCUT2D eigenvalue weighted by Gasteiger charge is -2.13. The molecule has 0 aliphatic carbocycles. The summed E-state index contributed by atoms with van der Waals surface area (Å²) in [5.74, 6) is -1.60. The third-order valence-corrected chi connectivity index (χ3v) is 2.45. The van der Waals surface area contributed by atoms with Crippen LogP contribution in [-0.4, -0.2) is 44.5 Å². The number of hydrogen-bond donors (Lipinski definition) is 3. The minimum atomic E-state index is -1.16. The van der Waals surface area contributed by atoms with E-state index in [1.807, 2.05) is 19.9 Å². The van der Waals surface area contributed by atoms with Gasteiger partial charge in [0, 0.05) is 18.7 Å². The van der Waals surface area contributed by atoms with Crippen LogP contribution in [-0.2, 0) is 16.1 Å². The number of nitrogens with one attached hydrogen (secondary N) is 1. The Morgan fingerprint density at radius 3 is 2.61 bits per heavy atom. The Balaban J connectivity index is 2.60. The van der Waals surface area contributed by atoms with Crippen molar-refractivity contribution in [2.24, 2.45) is 0 Å². The topological polar surface area (TPSA) is 104 Å². The molecule has 0 saturated heterocycles. The van der Waals surface area contributed by atoms with Gasteiger partial charge in [-0.05, 0) is 19.9 Å². The Kier molecular flexibility index (Phi) is 4.85. The molecule has 1 heterocycles. The molecule has 18 heavy (non-hydrogen) atoms. The van der Waals surface area contributed by atoms with E-state index in [-0.39, 0.29) is 19.6 Å². The Morgan fingerprint density at radius 2 is 2.17 bits per heavy atom. The highest BCUT2D eigenvalue weighted by molar-refractivity contribution is 5.83. The van der Waals surface area contributed by atoms with Crippen molar-refractivity contribution in [2.75, 3.05) is 6.61 Å². The van der Waals surface area contributed by atoms with Gasteiger partial charge in [-0.3, -0.25) is 9.48 Å². The Hall–Kier alpha value is -1.89. The summed E-state index contributed by atoms with van der Waals surface area (Å²) in [4.78, 5) is 22.4. The van der Waals surface area contributed by atoms with Crippen LogP contribution in [0.15, 0.2) is 6.07 Å². The molecule has 0 aliphatic rings. The lowest BCUT2D eigenvalue weighted by atomic mass is 10.2. The second kappa shape index (κ2) is 6.15. The Bertz CT molecular complexity index is 441. The number of aliphatic carboxylic acids is 1. The smallest absolute Gasteiger partial charge is 0.326 e. The van der Waals surface area contributed by atoms with Gasteiger partial charge < -0.3 is 15.5 Å². The molecule has 0 fully saturated rings. The zero-order chi connectivity index (χ0) is 13.7. The van der Waals surface area contributed by atoms with Gasteiger partial charge in [-0.2, -0.15) is 5.10 Å². The Labute approximate surface area is 104 Å². The highest BCUT2D eigenvalue weighted by atomic mass is 16.4. The summed E-state index contributed by atoms with van der Waals surface area (Å²) < 4.78 is 1.50. The van der Waals surface area contributed by atoms with Gasteiger partial charge in [-0.15, -0.1) is 0 Å². The molecule has 0 radical (unpaired) electrons. The Morgan fingerprint density at radius 1 is 1.50 bits per heavy atom. The molecule has 0 spiro atoms. The van der Waals surface area contributed by atoms with Gasteiger partial charge in [0.1, 0.15) is 12.6 Å². The lowest BCUT2D eigenvalue weighted by molar-refractivity contribution is -0.142. The van der Waals surface area contributed by atoms with Gasteiger partial charge in [0.05, 0.1) is 5.69 Å². The highest BCUT2D eigenvalue weighted by Crippen LogP contribution is 2.01. The van der Waals surface area contributed by atoms with E-state index >= 15 is 0 Å². The molecule has 0 saturated carbocycles. The first-order valence-corrected chi connectivity index (χ1v) is 5.58. The number of carbonyl (C=O) groups excluding carboxylic acids is 1. The van der Waals surface area contributed by atoms with Gasteiger partial charge in [-0.1, -0.05) is 0 Å². The summed E-state index contributed by atoms with van der Waals surface area (Å²) in [6, 6.07) is 0.759. The van der Waals surface area contributed by atoms with Gasteiger partial charge in [0.2, 0.25) is 5.91 Å². The van der Waals surface area contributed by atoms with Crippen molar-refractivity contribution in [3.63, 3.8) is 0 Å². The van der Waals surface area contributed by atoms with E-state index in [1.165, 1.54) is 4.68 Å². The summed E-state index contributed by atoms with van der Waals surface area (Å²) in [7, 11) is 0. The van der Waals surface area contributed by atoms with Crippen LogP contribution >= 0.6 is 0 Å². The van der Waals surface area contributed by atoms with Crippen molar-refractivity contribution in [1.29, 1.82) is 0 Å². The minimum Gasteiger partial charge on any atom is -0.480 e. The number of aliphatic hydroxyl groups excluding tert-OH is 1. The van der Waals surface area contributed by atoms with Crippen LogP contribution < -0.4 is 5.32 Å². The number of nitrogens with zero attached hydrogens (tertiary/aromatic N) is 2. The molecule has 3 N–H and O–H groups in total. The zero-order valence-electron chi connectivity index (χ0n) is 10.4. The average molecular weight is 255 g/mol. The average Bonchev–Trinajstić information content (AvgIpc) is 2.56. The van der Waals surface area contributed by atoms with Gasteiger partial charge >= 0.3 is 5.97 Å². The quantitative estimate of drug-likeness (QED) is 0.632. The van der Waals surface area contributed by atoms with E-state index in [2.05, 4.69) is 10.4 Å². The van der Waals surface area contributed by atoms with Gasteiger partial charge in [-0.25, -0.2) is 4.79 Å². The van der Waals surface area contributed by atoms with Crippen LogP contribution in [0.3, 0.4) is 0 Å². The second-order valence-corrected chi connectivity index (χ2v) is 4.06. The minimum absolute atomic E-state index is 0.0157. The van der Waals surface area contributed by atoms with E-state index in [0.29, 0.717) is 0 Å². The van der Waals surface area contributed by atoms with E-state index in [4.69, 9.17) is 10.2 Å².